The number of carbonyl (C=O) groups is 3. The summed E-state index contributed by atoms with van der Waals surface area (Å²) in [6, 6.07) is 11.3. The van der Waals surface area contributed by atoms with Crippen LogP contribution in [0.1, 0.15) is 88.4 Å². The zero-order chi connectivity index (χ0) is 23.6. The van der Waals surface area contributed by atoms with Crippen molar-refractivity contribution >= 4 is 17.8 Å². The molecule has 0 aliphatic carbocycles. The van der Waals surface area contributed by atoms with Crippen LogP contribution >= 0.6 is 0 Å². The summed E-state index contributed by atoms with van der Waals surface area (Å²) >= 11 is 0. The normalized spacial score (nSPS) is 12.4. The number of ether oxygens (including phenoxy) is 1. The van der Waals surface area contributed by atoms with E-state index in [9.17, 15) is 14.4 Å². The number of aryl methyl sites for hydroxylation is 2. The Morgan fingerprint density at radius 2 is 1.76 bits per heavy atom. The van der Waals surface area contributed by atoms with Crippen LogP contribution in [0.5, 0.6) is 0 Å². The Hall–Kier alpha value is -3.21. The van der Waals surface area contributed by atoms with Crippen molar-refractivity contribution in [3.8, 4) is 0 Å². The maximum atomic E-state index is 12.5. The Labute approximate surface area is 196 Å². The molecule has 1 aliphatic heterocycles. The second-order valence-electron chi connectivity index (χ2n) is 8.51. The lowest BCUT2D eigenvalue weighted by molar-refractivity contribution is -0.144. The molecule has 0 fully saturated rings. The van der Waals surface area contributed by atoms with Crippen molar-refractivity contribution in [2.45, 2.75) is 71.3 Å². The molecular weight excluding hydrogens is 414 g/mol. The zero-order valence-corrected chi connectivity index (χ0v) is 19.5. The molecule has 1 N–H and O–H groups in total. The minimum Gasteiger partial charge on any atom is -0.461 e. The SMILES string of the molecule is C=CCCCCCCCc1ccc(COC(=O)Cc2cccc3c2C(=O)NC3=O)c(CC)c1. The number of amides is 2. The van der Waals surface area contributed by atoms with E-state index in [2.05, 4.69) is 37.0 Å². The number of imide groups is 1. The molecule has 0 unspecified atom stereocenters. The Morgan fingerprint density at radius 1 is 0.970 bits per heavy atom. The maximum Gasteiger partial charge on any atom is 0.310 e. The van der Waals surface area contributed by atoms with Gasteiger partial charge in [-0.05, 0) is 60.4 Å². The number of unbranched alkanes of at least 4 members (excludes halogenated alkanes) is 5. The Balaban J connectivity index is 1.51. The number of fused-ring (bicyclic) bond motifs is 1. The largest absolute Gasteiger partial charge is 0.461 e. The number of hydrogen-bond donors (Lipinski definition) is 1. The average molecular weight is 448 g/mol. The molecule has 2 aromatic rings. The zero-order valence-electron chi connectivity index (χ0n) is 19.5. The van der Waals surface area contributed by atoms with Crippen molar-refractivity contribution in [3.63, 3.8) is 0 Å². The third kappa shape index (κ3) is 6.64. The first-order valence-electron chi connectivity index (χ1n) is 11.9. The van der Waals surface area contributed by atoms with Crippen molar-refractivity contribution < 1.29 is 19.1 Å². The van der Waals surface area contributed by atoms with Gasteiger partial charge in [0.05, 0.1) is 17.5 Å². The summed E-state index contributed by atoms with van der Waals surface area (Å²) in [5, 5.41) is 2.27. The van der Waals surface area contributed by atoms with Gasteiger partial charge in [-0.1, -0.05) is 62.6 Å². The molecule has 0 saturated carbocycles. The molecule has 0 spiro atoms. The van der Waals surface area contributed by atoms with Gasteiger partial charge < -0.3 is 4.74 Å². The molecule has 3 rings (SSSR count). The van der Waals surface area contributed by atoms with E-state index in [1.165, 1.54) is 43.2 Å². The van der Waals surface area contributed by atoms with Crippen molar-refractivity contribution in [2.75, 3.05) is 0 Å². The van der Waals surface area contributed by atoms with Gasteiger partial charge >= 0.3 is 5.97 Å². The summed E-state index contributed by atoms with van der Waals surface area (Å²) in [7, 11) is 0. The minimum absolute atomic E-state index is 0.0454. The van der Waals surface area contributed by atoms with Crippen LogP contribution < -0.4 is 5.32 Å². The molecule has 1 heterocycles. The van der Waals surface area contributed by atoms with Crippen LogP contribution in [0.2, 0.25) is 0 Å². The third-order valence-corrected chi connectivity index (χ3v) is 6.10. The molecule has 0 radical (unpaired) electrons. The fraction of sp³-hybridized carbons (Fsp3) is 0.393. The predicted octanol–water partition coefficient (Wildman–Crippen LogP) is 5.49. The quantitative estimate of drug-likeness (QED) is 0.191. The Bertz CT molecular complexity index is 1020. The number of nitrogens with one attached hydrogen (secondary N) is 1. The van der Waals surface area contributed by atoms with Crippen LogP contribution in [0.15, 0.2) is 49.1 Å². The molecule has 0 saturated heterocycles. The number of allylic oxidation sites excluding steroid dienone is 1. The summed E-state index contributed by atoms with van der Waals surface area (Å²) in [6.07, 6.45) is 11.2. The molecule has 2 amide bonds. The van der Waals surface area contributed by atoms with Gasteiger partial charge in [-0.2, -0.15) is 0 Å². The summed E-state index contributed by atoms with van der Waals surface area (Å²) in [6.45, 7) is 6.07. The highest BCUT2D eigenvalue weighted by atomic mass is 16.5. The smallest absolute Gasteiger partial charge is 0.310 e. The second kappa shape index (κ2) is 12.1. The highest BCUT2D eigenvalue weighted by molar-refractivity contribution is 6.22. The minimum atomic E-state index is -0.459. The van der Waals surface area contributed by atoms with Gasteiger partial charge in [-0.15, -0.1) is 6.58 Å². The second-order valence-corrected chi connectivity index (χ2v) is 8.51. The van der Waals surface area contributed by atoms with E-state index in [-0.39, 0.29) is 18.6 Å². The van der Waals surface area contributed by atoms with E-state index in [1.54, 1.807) is 18.2 Å². The van der Waals surface area contributed by atoms with Gasteiger partial charge in [0, 0.05) is 0 Å². The van der Waals surface area contributed by atoms with Crippen molar-refractivity contribution in [2.24, 2.45) is 0 Å². The standard InChI is InChI=1S/C28H33NO4/c1-3-5-6-7-8-9-10-12-20-15-16-23(21(4-2)17-20)19-33-25(30)18-22-13-11-14-24-26(22)28(32)29-27(24)31/h3,11,13-17H,1,4-10,12,18-19H2,2H3,(H,29,31,32). The van der Waals surface area contributed by atoms with E-state index in [1.807, 2.05) is 6.08 Å². The molecule has 1 aliphatic rings. The van der Waals surface area contributed by atoms with Gasteiger partial charge in [0.15, 0.2) is 0 Å². The molecule has 2 aromatic carbocycles. The summed E-state index contributed by atoms with van der Waals surface area (Å²) < 4.78 is 5.52. The van der Waals surface area contributed by atoms with Crippen molar-refractivity contribution in [3.05, 3.63) is 82.4 Å². The van der Waals surface area contributed by atoms with Crippen molar-refractivity contribution in [1.82, 2.24) is 5.32 Å². The number of carbonyl (C=O) groups excluding carboxylic acids is 3. The van der Waals surface area contributed by atoms with Crippen LogP contribution in [0, 0.1) is 0 Å². The van der Waals surface area contributed by atoms with Gasteiger partial charge in [-0.25, -0.2) is 0 Å². The molecule has 0 atom stereocenters. The molecule has 0 bridgehead atoms. The lowest BCUT2D eigenvalue weighted by Gasteiger charge is -2.12. The average Bonchev–Trinajstić information content (AvgIpc) is 3.11. The topological polar surface area (TPSA) is 72.5 Å². The number of esters is 1. The van der Waals surface area contributed by atoms with Crippen LogP contribution in [-0.4, -0.2) is 17.8 Å². The molecule has 0 aromatic heterocycles. The number of benzene rings is 2. The number of rotatable bonds is 13. The highest BCUT2D eigenvalue weighted by Crippen LogP contribution is 2.22. The van der Waals surface area contributed by atoms with Gasteiger partial charge in [0.25, 0.3) is 11.8 Å². The van der Waals surface area contributed by atoms with E-state index in [0.717, 1.165) is 24.8 Å². The van der Waals surface area contributed by atoms with E-state index >= 15 is 0 Å². The predicted molar refractivity (Wildman–Crippen MR) is 129 cm³/mol. The Morgan fingerprint density at radius 3 is 2.55 bits per heavy atom. The lowest BCUT2D eigenvalue weighted by Crippen LogP contribution is -2.20. The highest BCUT2D eigenvalue weighted by Gasteiger charge is 2.29. The summed E-state index contributed by atoms with van der Waals surface area (Å²) in [4.78, 5) is 36.3. The number of hydrogen-bond acceptors (Lipinski definition) is 4. The van der Waals surface area contributed by atoms with Gasteiger partial charge in [0.2, 0.25) is 0 Å². The molecule has 5 heteroatoms. The van der Waals surface area contributed by atoms with E-state index < -0.39 is 17.8 Å². The summed E-state index contributed by atoms with van der Waals surface area (Å²) in [5.74, 6) is -1.30. The monoisotopic (exact) mass is 447 g/mol. The van der Waals surface area contributed by atoms with Crippen LogP contribution in [0.25, 0.3) is 0 Å². The molecule has 174 valence electrons. The first kappa shape index (κ1) is 24.4. The fourth-order valence-electron chi connectivity index (χ4n) is 4.26. The lowest BCUT2D eigenvalue weighted by atomic mass is 9.98. The van der Waals surface area contributed by atoms with Gasteiger partial charge in [-0.3, -0.25) is 19.7 Å². The molecular formula is C28H33NO4. The van der Waals surface area contributed by atoms with E-state index in [4.69, 9.17) is 4.74 Å². The third-order valence-electron chi connectivity index (χ3n) is 6.10. The first-order valence-corrected chi connectivity index (χ1v) is 11.9. The van der Waals surface area contributed by atoms with Crippen LogP contribution in [-0.2, 0) is 35.4 Å². The van der Waals surface area contributed by atoms with E-state index in [0.29, 0.717) is 11.1 Å². The fourth-order valence-corrected chi connectivity index (χ4v) is 4.26. The van der Waals surface area contributed by atoms with Crippen LogP contribution in [0.3, 0.4) is 0 Å². The van der Waals surface area contributed by atoms with Gasteiger partial charge in [0.1, 0.15) is 6.61 Å². The van der Waals surface area contributed by atoms with Crippen LogP contribution in [0.4, 0.5) is 0 Å². The first-order chi connectivity index (χ1) is 16.0. The molecule has 33 heavy (non-hydrogen) atoms. The summed E-state index contributed by atoms with van der Waals surface area (Å²) in [5.41, 5.74) is 4.62. The Kier molecular flexibility index (Phi) is 8.99. The van der Waals surface area contributed by atoms with Crippen molar-refractivity contribution in [1.29, 1.82) is 0 Å². The maximum absolute atomic E-state index is 12.5. The molecule has 5 nitrogen and oxygen atoms in total.